The number of nitrogens with one attached hydrogen (secondary N) is 2. The molecule has 0 unspecified atom stereocenters. The number of hydrogen-bond donors (Lipinski definition) is 4. The van der Waals surface area contributed by atoms with Gasteiger partial charge in [0.15, 0.2) is 5.72 Å². The number of rotatable bonds is 13. The van der Waals surface area contributed by atoms with Crippen LogP contribution in [-0.2, 0) is 30.2 Å². The lowest BCUT2D eigenvalue weighted by molar-refractivity contribution is -0.151. The van der Waals surface area contributed by atoms with Crippen LogP contribution in [0.3, 0.4) is 0 Å². The summed E-state index contributed by atoms with van der Waals surface area (Å²) in [6.07, 6.45) is -1.06. The third-order valence-electron chi connectivity index (χ3n) is 10.4. The number of carbonyl (C=O) groups excluding carboxylic acids is 3. The summed E-state index contributed by atoms with van der Waals surface area (Å²) in [4.78, 5) is 46.1. The molecule has 15 heteroatoms. The predicted molar refractivity (Wildman–Crippen MR) is 201 cm³/mol. The van der Waals surface area contributed by atoms with E-state index in [0.29, 0.717) is 40.1 Å². The van der Waals surface area contributed by atoms with Gasteiger partial charge in [0.1, 0.15) is 34.7 Å². The van der Waals surface area contributed by atoms with E-state index in [0.717, 1.165) is 11.1 Å². The number of carbonyl (C=O) groups is 3. The van der Waals surface area contributed by atoms with Gasteiger partial charge in [-0.15, -0.1) is 0 Å². The average molecular weight is 754 g/mol. The number of amides is 3. The zero-order chi connectivity index (χ0) is 38.8. The highest BCUT2D eigenvalue weighted by Crippen LogP contribution is 2.49. The SMILES string of the molecule is C/C=C(\C)Cc1cc(OC)c(Cl)c(N(C)C(=O)C[C@H](OC(=O)Nc2ccc(N)c3ncccc23)[C@]2(C)O[C@H]2[C@H](C)[C@@H]2C[C@](O)([C@@H](C)OC)NC(=O)O2)c1. The topological polar surface area (TPSA) is 187 Å². The summed E-state index contributed by atoms with van der Waals surface area (Å²) in [6.45, 7) is 9.12. The van der Waals surface area contributed by atoms with Gasteiger partial charge in [0, 0.05) is 38.1 Å². The van der Waals surface area contributed by atoms with Crippen LogP contribution in [0.5, 0.6) is 5.75 Å². The van der Waals surface area contributed by atoms with Gasteiger partial charge in [0.2, 0.25) is 5.91 Å². The molecule has 2 aliphatic rings. The Balaban J connectivity index is 1.43. The van der Waals surface area contributed by atoms with Crippen molar-refractivity contribution in [2.24, 2.45) is 5.92 Å². The van der Waals surface area contributed by atoms with Gasteiger partial charge >= 0.3 is 12.2 Å². The van der Waals surface area contributed by atoms with Crippen LogP contribution in [0.1, 0.15) is 53.0 Å². The van der Waals surface area contributed by atoms with E-state index in [9.17, 15) is 19.5 Å². The van der Waals surface area contributed by atoms with Gasteiger partial charge < -0.3 is 39.4 Å². The van der Waals surface area contributed by atoms with E-state index in [1.54, 1.807) is 58.3 Å². The summed E-state index contributed by atoms with van der Waals surface area (Å²) in [5.41, 5.74) is 6.98. The number of aromatic nitrogens is 1. The highest BCUT2D eigenvalue weighted by molar-refractivity contribution is 6.35. The maximum Gasteiger partial charge on any atom is 0.412 e. The Bertz CT molecular complexity index is 1910. The molecular weight excluding hydrogens is 706 g/mol. The molecule has 0 saturated carbocycles. The van der Waals surface area contributed by atoms with Crippen LogP contribution in [0.15, 0.2) is 54.2 Å². The van der Waals surface area contributed by atoms with Gasteiger partial charge in [-0.05, 0) is 76.1 Å². The number of aliphatic hydroxyl groups is 1. The fourth-order valence-corrected chi connectivity index (χ4v) is 7.06. The minimum atomic E-state index is -1.69. The zero-order valence-corrected chi connectivity index (χ0v) is 31.9. The molecule has 3 aromatic rings. The summed E-state index contributed by atoms with van der Waals surface area (Å²) in [5.74, 6) is -0.514. The van der Waals surface area contributed by atoms with Crippen molar-refractivity contribution in [3.05, 3.63) is 64.8 Å². The normalized spacial score (nSPS) is 24.3. The van der Waals surface area contributed by atoms with Crippen LogP contribution in [-0.4, -0.2) is 85.2 Å². The highest BCUT2D eigenvalue weighted by atomic mass is 35.5. The number of cyclic esters (lactones) is 1. The monoisotopic (exact) mass is 753 g/mol. The third kappa shape index (κ3) is 8.30. The van der Waals surface area contributed by atoms with E-state index in [4.69, 9.17) is 41.0 Å². The predicted octanol–water partition coefficient (Wildman–Crippen LogP) is 5.97. The van der Waals surface area contributed by atoms with Gasteiger partial charge in [-0.1, -0.05) is 30.2 Å². The average Bonchev–Trinajstić information content (AvgIpc) is 3.83. The number of hydrogen-bond acceptors (Lipinski definition) is 11. The Morgan fingerprint density at radius 2 is 2.00 bits per heavy atom. The summed E-state index contributed by atoms with van der Waals surface area (Å²) in [7, 11) is 4.52. The van der Waals surface area contributed by atoms with E-state index in [-0.39, 0.29) is 17.9 Å². The molecule has 0 radical (unpaired) electrons. The lowest BCUT2D eigenvalue weighted by Gasteiger charge is -2.41. The Kier molecular flexibility index (Phi) is 11.8. The Morgan fingerprint density at radius 1 is 1.26 bits per heavy atom. The molecule has 0 spiro atoms. The molecule has 14 nitrogen and oxygen atoms in total. The highest BCUT2D eigenvalue weighted by Gasteiger charge is 2.64. The largest absolute Gasteiger partial charge is 0.495 e. The minimum Gasteiger partial charge on any atom is -0.495 e. The fraction of sp³-hybridized carbons (Fsp3) is 0.474. The number of benzene rings is 2. The number of methoxy groups -OCH3 is 2. The van der Waals surface area contributed by atoms with Crippen LogP contribution in [0.2, 0.25) is 5.02 Å². The number of ether oxygens (including phenoxy) is 5. The second-order valence-electron chi connectivity index (χ2n) is 13.9. The van der Waals surface area contributed by atoms with Crippen molar-refractivity contribution >= 4 is 57.7 Å². The molecule has 7 atom stereocenters. The first kappa shape index (κ1) is 39.6. The number of nitrogens with two attached hydrogens (primary N) is 1. The van der Waals surface area contributed by atoms with Crippen molar-refractivity contribution in [2.45, 2.75) is 89.6 Å². The van der Waals surface area contributed by atoms with E-state index >= 15 is 0 Å². The number of anilines is 3. The van der Waals surface area contributed by atoms with E-state index in [2.05, 4.69) is 15.6 Å². The zero-order valence-electron chi connectivity index (χ0n) is 31.2. The molecule has 5 rings (SSSR count). The molecule has 286 valence electrons. The number of nitrogens with zero attached hydrogens (tertiary/aromatic N) is 2. The van der Waals surface area contributed by atoms with Crippen molar-refractivity contribution in [2.75, 3.05) is 37.2 Å². The minimum absolute atomic E-state index is 0.000145. The van der Waals surface area contributed by atoms with Crippen LogP contribution in [0.25, 0.3) is 10.9 Å². The molecule has 53 heavy (non-hydrogen) atoms. The first-order valence-corrected chi connectivity index (χ1v) is 17.7. The molecule has 2 saturated heterocycles. The Morgan fingerprint density at radius 3 is 2.68 bits per heavy atom. The second kappa shape index (κ2) is 15.8. The number of halogens is 1. The molecule has 2 fully saturated rings. The smallest absolute Gasteiger partial charge is 0.412 e. The summed E-state index contributed by atoms with van der Waals surface area (Å²) >= 11 is 6.74. The van der Waals surface area contributed by atoms with E-state index in [1.807, 2.05) is 32.1 Å². The standard InChI is InChI=1S/C38H48ClN5O9/c1-9-20(2)15-23-16-27(32(39)28(17-23)50-8)44(6)31(45)18-30(52-35(46)42-26-13-12-25(40)33-24(26)11-10-14-41-33)37(5)34(53-37)21(3)29-19-38(48,22(4)49-7)43-36(47)51-29/h9-14,16-17,21-22,29-30,34,48H,15,18-19,40H2,1-8H3,(H,42,46)(H,43,47)/b20-9+/t21-,22-,29+,30+,34+,37+,38+/m1/s1. The van der Waals surface area contributed by atoms with Crippen LogP contribution in [0, 0.1) is 5.92 Å². The molecule has 3 heterocycles. The third-order valence-corrected chi connectivity index (χ3v) is 10.7. The number of allylic oxidation sites excluding steroid dienone is 2. The lowest BCUT2D eigenvalue weighted by Crippen LogP contribution is -2.63. The lowest BCUT2D eigenvalue weighted by atomic mass is 9.84. The molecular formula is C38H48ClN5O9. The molecule has 1 aromatic heterocycles. The van der Waals surface area contributed by atoms with Crippen molar-refractivity contribution < 1.29 is 43.2 Å². The number of alkyl carbamates (subject to hydrolysis) is 1. The van der Waals surface area contributed by atoms with Crippen molar-refractivity contribution in [3.63, 3.8) is 0 Å². The molecule has 0 bridgehead atoms. The Labute approximate surface area is 313 Å². The summed E-state index contributed by atoms with van der Waals surface area (Å²) in [6, 6.07) is 10.4. The number of pyridine rings is 1. The Hall–Kier alpha value is -4.63. The van der Waals surface area contributed by atoms with Crippen LogP contribution >= 0.6 is 11.6 Å². The van der Waals surface area contributed by atoms with Gasteiger partial charge in [0.25, 0.3) is 0 Å². The van der Waals surface area contributed by atoms with E-state index < -0.39 is 59.8 Å². The number of epoxide rings is 1. The van der Waals surface area contributed by atoms with Gasteiger partial charge in [0.05, 0.1) is 42.2 Å². The molecule has 2 aliphatic heterocycles. The summed E-state index contributed by atoms with van der Waals surface area (Å²) < 4.78 is 28.7. The van der Waals surface area contributed by atoms with Gasteiger partial charge in [-0.3, -0.25) is 20.4 Å². The second-order valence-corrected chi connectivity index (χ2v) is 14.3. The molecule has 5 N–H and O–H groups in total. The molecule has 2 aromatic carbocycles. The quantitative estimate of drug-likeness (QED) is 0.0915. The van der Waals surface area contributed by atoms with Gasteiger partial charge in [-0.2, -0.15) is 0 Å². The van der Waals surface area contributed by atoms with Crippen molar-refractivity contribution in [1.29, 1.82) is 0 Å². The maximum atomic E-state index is 14.1. The van der Waals surface area contributed by atoms with E-state index in [1.165, 1.54) is 19.1 Å². The first-order valence-electron chi connectivity index (χ1n) is 17.3. The molecule has 3 amide bonds. The number of fused-ring (bicyclic) bond motifs is 1. The number of nitrogen functional groups attached to an aromatic ring is 1. The van der Waals surface area contributed by atoms with Crippen molar-refractivity contribution in [3.8, 4) is 5.75 Å². The van der Waals surface area contributed by atoms with Crippen LogP contribution in [0.4, 0.5) is 26.7 Å². The molecule has 0 aliphatic carbocycles. The first-order chi connectivity index (χ1) is 25.0. The summed E-state index contributed by atoms with van der Waals surface area (Å²) in [5, 5.41) is 17.3. The maximum absolute atomic E-state index is 14.1. The van der Waals surface area contributed by atoms with Crippen LogP contribution < -0.4 is 26.0 Å². The fourth-order valence-electron chi connectivity index (χ4n) is 6.74. The van der Waals surface area contributed by atoms with Crippen molar-refractivity contribution in [1.82, 2.24) is 10.3 Å². The van der Waals surface area contributed by atoms with Gasteiger partial charge in [-0.25, -0.2) is 9.59 Å².